The van der Waals surface area contributed by atoms with E-state index in [1.807, 2.05) is 11.8 Å². The third-order valence-electron chi connectivity index (χ3n) is 3.31. The van der Waals surface area contributed by atoms with Crippen molar-refractivity contribution in [3.8, 4) is 0 Å². The van der Waals surface area contributed by atoms with Crippen molar-refractivity contribution >= 4 is 17.2 Å². The van der Waals surface area contributed by atoms with Gasteiger partial charge in [0.05, 0.1) is 0 Å². The van der Waals surface area contributed by atoms with Gasteiger partial charge in [0.1, 0.15) is 18.7 Å². The molecule has 2 aromatic heterocycles. The highest BCUT2D eigenvalue weighted by atomic mass is 32.1. The van der Waals surface area contributed by atoms with Gasteiger partial charge < -0.3 is 4.90 Å². The monoisotopic (exact) mass is 262 g/mol. The van der Waals surface area contributed by atoms with Crippen molar-refractivity contribution < 1.29 is 4.79 Å². The number of hydrogen-bond donors (Lipinski definition) is 0. The predicted molar refractivity (Wildman–Crippen MR) is 68.2 cm³/mol. The van der Waals surface area contributed by atoms with Crippen LogP contribution >= 0.6 is 11.3 Å². The molecule has 1 atom stereocenters. The molecule has 94 valence electrons. The average Bonchev–Trinajstić information content (AvgIpc) is 3.06. The summed E-state index contributed by atoms with van der Waals surface area (Å²) in [5.74, 6) is 0.109. The van der Waals surface area contributed by atoms with Crippen LogP contribution in [-0.2, 0) is 17.8 Å². The lowest BCUT2D eigenvalue weighted by atomic mass is 10.1. The topological polar surface area (TPSA) is 51.0 Å². The van der Waals surface area contributed by atoms with Gasteiger partial charge in [0.2, 0.25) is 5.91 Å². The second-order valence-electron chi connectivity index (χ2n) is 4.43. The molecule has 0 fully saturated rings. The van der Waals surface area contributed by atoms with Gasteiger partial charge in [-0.05, 0) is 30.4 Å². The summed E-state index contributed by atoms with van der Waals surface area (Å²) in [5.41, 5.74) is 1.28. The van der Waals surface area contributed by atoms with E-state index in [1.54, 1.807) is 22.3 Å². The predicted octanol–water partition coefficient (Wildman–Crippen LogP) is 1.49. The van der Waals surface area contributed by atoms with Gasteiger partial charge in [-0.15, -0.1) is 11.3 Å². The lowest BCUT2D eigenvalue weighted by Crippen LogP contribution is -2.39. The molecule has 3 heterocycles. The summed E-state index contributed by atoms with van der Waals surface area (Å²) in [6.45, 7) is 3.38. The number of aromatic nitrogens is 3. The molecular weight excluding hydrogens is 248 g/mol. The van der Waals surface area contributed by atoms with Crippen molar-refractivity contribution in [2.45, 2.75) is 25.9 Å². The summed E-state index contributed by atoms with van der Waals surface area (Å²) in [4.78, 5) is 19.6. The van der Waals surface area contributed by atoms with Crippen molar-refractivity contribution in [1.29, 1.82) is 0 Å². The second-order valence-corrected chi connectivity index (χ2v) is 5.43. The third-order valence-corrected chi connectivity index (χ3v) is 4.33. The van der Waals surface area contributed by atoms with E-state index in [0.717, 1.165) is 19.5 Å². The van der Waals surface area contributed by atoms with Gasteiger partial charge in [-0.25, -0.2) is 9.67 Å². The summed E-state index contributed by atoms with van der Waals surface area (Å²) in [6.07, 6.45) is 4.00. The van der Waals surface area contributed by atoms with Crippen molar-refractivity contribution in [3.05, 3.63) is 34.5 Å². The molecule has 6 heteroatoms. The zero-order valence-electron chi connectivity index (χ0n) is 10.1. The molecule has 0 saturated heterocycles. The van der Waals surface area contributed by atoms with E-state index in [2.05, 4.69) is 21.5 Å². The maximum Gasteiger partial charge on any atom is 0.247 e. The molecule has 3 rings (SSSR count). The SMILES string of the molecule is C[C@H](C(=O)N1CCc2sccc2C1)n1cncn1. The van der Waals surface area contributed by atoms with Gasteiger partial charge in [-0.1, -0.05) is 0 Å². The van der Waals surface area contributed by atoms with E-state index >= 15 is 0 Å². The second kappa shape index (κ2) is 4.53. The average molecular weight is 262 g/mol. The molecule has 0 radical (unpaired) electrons. The number of hydrogen-bond acceptors (Lipinski definition) is 4. The van der Waals surface area contributed by atoms with Gasteiger partial charge >= 0.3 is 0 Å². The molecule has 1 aliphatic heterocycles. The summed E-state index contributed by atoms with van der Waals surface area (Å²) in [7, 11) is 0. The van der Waals surface area contributed by atoms with E-state index in [4.69, 9.17) is 0 Å². The highest BCUT2D eigenvalue weighted by Gasteiger charge is 2.26. The first-order valence-electron chi connectivity index (χ1n) is 5.94. The summed E-state index contributed by atoms with van der Waals surface area (Å²) >= 11 is 1.78. The summed E-state index contributed by atoms with van der Waals surface area (Å²) < 4.78 is 1.60. The lowest BCUT2D eigenvalue weighted by molar-refractivity contribution is -0.135. The Bertz CT molecular complexity index is 548. The fraction of sp³-hybridized carbons (Fsp3) is 0.417. The Hall–Kier alpha value is -1.69. The molecule has 0 aromatic carbocycles. The van der Waals surface area contributed by atoms with Crippen LogP contribution in [0.3, 0.4) is 0 Å². The maximum atomic E-state index is 12.4. The number of fused-ring (bicyclic) bond motifs is 1. The Morgan fingerprint density at radius 2 is 2.44 bits per heavy atom. The number of rotatable bonds is 2. The third kappa shape index (κ3) is 1.92. The molecule has 5 nitrogen and oxygen atoms in total. The number of carbonyl (C=O) groups excluding carboxylic acids is 1. The van der Waals surface area contributed by atoms with Crippen molar-refractivity contribution in [2.75, 3.05) is 6.54 Å². The number of carbonyl (C=O) groups is 1. The molecule has 0 saturated carbocycles. The van der Waals surface area contributed by atoms with Crippen molar-refractivity contribution in [3.63, 3.8) is 0 Å². The van der Waals surface area contributed by atoms with Gasteiger partial charge in [0, 0.05) is 18.0 Å². The van der Waals surface area contributed by atoms with Crippen molar-refractivity contribution in [1.82, 2.24) is 19.7 Å². The van der Waals surface area contributed by atoms with E-state index in [0.29, 0.717) is 0 Å². The van der Waals surface area contributed by atoms with Crippen LogP contribution in [0.2, 0.25) is 0 Å². The molecule has 0 unspecified atom stereocenters. The first-order chi connectivity index (χ1) is 8.75. The Morgan fingerprint density at radius 3 is 3.22 bits per heavy atom. The number of thiophene rings is 1. The minimum atomic E-state index is -0.285. The molecule has 2 aromatic rings. The Kier molecular flexibility index (Phi) is 2.87. The molecule has 0 spiro atoms. The highest BCUT2D eigenvalue weighted by molar-refractivity contribution is 7.10. The molecule has 18 heavy (non-hydrogen) atoms. The Morgan fingerprint density at radius 1 is 1.56 bits per heavy atom. The molecular formula is C12H14N4OS. The largest absolute Gasteiger partial charge is 0.336 e. The van der Waals surface area contributed by atoms with E-state index in [-0.39, 0.29) is 11.9 Å². The molecule has 0 bridgehead atoms. The molecule has 1 aliphatic rings. The molecule has 1 amide bonds. The Balaban J connectivity index is 1.75. The van der Waals surface area contributed by atoms with Crippen LogP contribution < -0.4 is 0 Å². The first-order valence-corrected chi connectivity index (χ1v) is 6.82. The van der Waals surface area contributed by atoms with Gasteiger partial charge in [-0.2, -0.15) is 5.10 Å². The van der Waals surface area contributed by atoms with Crippen LogP contribution in [-0.4, -0.2) is 32.1 Å². The molecule has 0 aliphatic carbocycles. The number of nitrogens with zero attached hydrogens (tertiary/aromatic N) is 4. The highest BCUT2D eigenvalue weighted by Crippen LogP contribution is 2.25. The van der Waals surface area contributed by atoms with Gasteiger partial charge in [0.25, 0.3) is 0 Å². The van der Waals surface area contributed by atoms with Crippen LogP contribution in [0.4, 0.5) is 0 Å². The lowest BCUT2D eigenvalue weighted by Gasteiger charge is -2.29. The quantitative estimate of drug-likeness (QED) is 0.824. The van der Waals surface area contributed by atoms with E-state index < -0.39 is 0 Å². The smallest absolute Gasteiger partial charge is 0.247 e. The van der Waals surface area contributed by atoms with Gasteiger partial charge in [0.15, 0.2) is 0 Å². The van der Waals surface area contributed by atoms with Crippen LogP contribution in [0.1, 0.15) is 23.4 Å². The standard InChI is InChI=1S/C12H14N4OS/c1-9(16-8-13-7-14-16)12(17)15-4-2-11-10(6-15)3-5-18-11/h3,5,7-9H,2,4,6H2,1H3/t9-/m1/s1. The molecule has 0 N–H and O–H groups in total. The normalized spacial score (nSPS) is 16.4. The van der Waals surface area contributed by atoms with Crippen LogP contribution in [0, 0.1) is 0 Å². The fourth-order valence-electron chi connectivity index (χ4n) is 2.23. The zero-order valence-corrected chi connectivity index (χ0v) is 10.9. The van der Waals surface area contributed by atoms with Gasteiger partial charge in [-0.3, -0.25) is 4.79 Å². The summed E-state index contributed by atoms with van der Waals surface area (Å²) in [6, 6.07) is 1.83. The van der Waals surface area contributed by atoms with Crippen LogP contribution in [0.15, 0.2) is 24.1 Å². The maximum absolute atomic E-state index is 12.4. The van der Waals surface area contributed by atoms with E-state index in [1.165, 1.54) is 16.8 Å². The van der Waals surface area contributed by atoms with Crippen molar-refractivity contribution in [2.24, 2.45) is 0 Å². The van der Waals surface area contributed by atoms with Crippen LogP contribution in [0.25, 0.3) is 0 Å². The number of amides is 1. The Labute approximate surface area is 109 Å². The minimum absolute atomic E-state index is 0.109. The fourth-order valence-corrected chi connectivity index (χ4v) is 3.12. The van der Waals surface area contributed by atoms with E-state index in [9.17, 15) is 4.79 Å². The summed E-state index contributed by atoms with van der Waals surface area (Å²) in [5, 5.41) is 6.12. The van der Waals surface area contributed by atoms with Crippen LogP contribution in [0.5, 0.6) is 0 Å². The minimum Gasteiger partial charge on any atom is -0.336 e. The zero-order chi connectivity index (χ0) is 12.5. The first kappa shape index (κ1) is 11.4.